The van der Waals surface area contributed by atoms with E-state index in [2.05, 4.69) is 5.32 Å². The Bertz CT molecular complexity index is 543. The van der Waals surface area contributed by atoms with Gasteiger partial charge in [-0.1, -0.05) is 0 Å². The Hall–Kier alpha value is -1.36. The summed E-state index contributed by atoms with van der Waals surface area (Å²) in [7, 11) is 0. The summed E-state index contributed by atoms with van der Waals surface area (Å²) in [4.78, 5) is 27.0. The van der Waals surface area contributed by atoms with Gasteiger partial charge < -0.3 is 10.2 Å². The van der Waals surface area contributed by atoms with Gasteiger partial charge in [-0.25, -0.2) is 0 Å². The van der Waals surface area contributed by atoms with E-state index in [1.807, 2.05) is 23.3 Å². The minimum absolute atomic E-state index is 0.178. The monoisotopic (exact) mass is 320 g/mol. The van der Waals surface area contributed by atoms with Crippen LogP contribution in [0.25, 0.3) is 0 Å². The highest BCUT2D eigenvalue weighted by molar-refractivity contribution is 7.12. The average Bonchev–Trinajstić information content (AvgIpc) is 3.23. The second kappa shape index (κ2) is 6.82. The fourth-order valence-electron chi connectivity index (χ4n) is 3.02. The van der Waals surface area contributed by atoms with Crippen molar-refractivity contribution in [2.75, 3.05) is 13.1 Å². The molecule has 0 spiro atoms. The van der Waals surface area contributed by atoms with E-state index in [1.54, 1.807) is 0 Å². The number of hydrogen-bond donors (Lipinski definition) is 1. The summed E-state index contributed by atoms with van der Waals surface area (Å²) >= 11 is 1.53. The van der Waals surface area contributed by atoms with Gasteiger partial charge in [0.1, 0.15) is 0 Å². The van der Waals surface area contributed by atoms with Crippen molar-refractivity contribution in [3.8, 4) is 0 Å². The maximum atomic E-state index is 12.5. The predicted octanol–water partition coefficient (Wildman–Crippen LogP) is 2.97. The standard InChI is InChI=1S/C17H24N2O2S/c1-12-8-11-22-16(12)17(21)19-9-6-13(7-10-19)2-5-15(20)18-14-3-4-14/h8,11,13-14H,2-7,9-10H2,1H3,(H,18,20). The van der Waals surface area contributed by atoms with Gasteiger partial charge in [-0.3, -0.25) is 9.59 Å². The van der Waals surface area contributed by atoms with Crippen molar-refractivity contribution in [3.63, 3.8) is 0 Å². The second-order valence-electron chi connectivity index (χ2n) is 6.55. The number of carbonyl (C=O) groups excluding carboxylic acids is 2. The van der Waals surface area contributed by atoms with E-state index >= 15 is 0 Å². The molecule has 1 aromatic rings. The summed E-state index contributed by atoms with van der Waals surface area (Å²) < 4.78 is 0. The van der Waals surface area contributed by atoms with Crippen LogP contribution < -0.4 is 5.32 Å². The summed E-state index contributed by atoms with van der Waals surface area (Å²) in [5, 5.41) is 5.02. The number of nitrogens with one attached hydrogen (secondary N) is 1. The summed E-state index contributed by atoms with van der Waals surface area (Å²) in [6, 6.07) is 2.46. The van der Waals surface area contributed by atoms with Crippen LogP contribution in [0.2, 0.25) is 0 Å². The Labute approximate surface area is 135 Å². The first-order valence-corrected chi connectivity index (χ1v) is 9.14. The van der Waals surface area contributed by atoms with Gasteiger partial charge in [0, 0.05) is 25.6 Å². The molecule has 0 unspecified atom stereocenters. The number of amides is 2. The fraction of sp³-hybridized carbons (Fsp3) is 0.647. The molecule has 1 N–H and O–H groups in total. The van der Waals surface area contributed by atoms with Gasteiger partial charge in [-0.2, -0.15) is 0 Å². The Morgan fingerprint density at radius 1 is 1.27 bits per heavy atom. The van der Waals surface area contributed by atoms with Gasteiger partial charge in [-0.05, 0) is 62.0 Å². The van der Waals surface area contributed by atoms with E-state index in [0.717, 1.165) is 55.6 Å². The van der Waals surface area contributed by atoms with Crippen LogP contribution in [0.3, 0.4) is 0 Å². The van der Waals surface area contributed by atoms with E-state index in [-0.39, 0.29) is 11.8 Å². The number of aryl methyl sites for hydroxylation is 1. The molecule has 2 heterocycles. The third-order valence-electron chi connectivity index (χ3n) is 4.68. The highest BCUT2D eigenvalue weighted by Crippen LogP contribution is 2.26. The molecule has 0 bridgehead atoms. The normalized spacial score (nSPS) is 19.2. The van der Waals surface area contributed by atoms with Crippen molar-refractivity contribution in [2.24, 2.45) is 5.92 Å². The van der Waals surface area contributed by atoms with Gasteiger partial charge >= 0.3 is 0 Å². The molecule has 1 aliphatic heterocycles. The summed E-state index contributed by atoms with van der Waals surface area (Å²) in [6.45, 7) is 3.64. The molecule has 2 amide bonds. The molecule has 1 aromatic heterocycles. The van der Waals surface area contributed by atoms with Crippen LogP contribution in [0, 0.1) is 12.8 Å². The van der Waals surface area contributed by atoms with Crippen LogP contribution >= 0.6 is 11.3 Å². The molecule has 1 saturated carbocycles. The van der Waals surface area contributed by atoms with Gasteiger partial charge in [0.05, 0.1) is 4.88 Å². The lowest BCUT2D eigenvalue weighted by Gasteiger charge is -2.32. The highest BCUT2D eigenvalue weighted by Gasteiger charge is 2.26. The fourth-order valence-corrected chi connectivity index (χ4v) is 3.91. The van der Waals surface area contributed by atoms with E-state index in [4.69, 9.17) is 0 Å². The quantitative estimate of drug-likeness (QED) is 0.907. The molecule has 22 heavy (non-hydrogen) atoms. The molecule has 2 aliphatic rings. The lowest BCUT2D eigenvalue weighted by molar-refractivity contribution is -0.121. The number of nitrogens with zero attached hydrogens (tertiary/aromatic N) is 1. The molecule has 0 aromatic carbocycles. The maximum absolute atomic E-state index is 12.5. The zero-order valence-corrected chi connectivity index (χ0v) is 14.0. The predicted molar refractivity (Wildman–Crippen MR) is 88.1 cm³/mol. The SMILES string of the molecule is Cc1ccsc1C(=O)N1CCC(CCC(=O)NC2CC2)CC1. The Kier molecular flexibility index (Phi) is 4.81. The van der Waals surface area contributed by atoms with Crippen LogP contribution in [-0.2, 0) is 4.79 Å². The smallest absolute Gasteiger partial charge is 0.264 e. The zero-order chi connectivity index (χ0) is 15.5. The summed E-state index contributed by atoms with van der Waals surface area (Å²) in [5.74, 6) is 0.964. The van der Waals surface area contributed by atoms with E-state index in [1.165, 1.54) is 11.3 Å². The van der Waals surface area contributed by atoms with Crippen LogP contribution in [0.4, 0.5) is 0 Å². The Morgan fingerprint density at radius 3 is 2.59 bits per heavy atom. The number of hydrogen-bond acceptors (Lipinski definition) is 3. The minimum atomic E-state index is 0.178. The molecule has 5 heteroatoms. The molecule has 1 aliphatic carbocycles. The maximum Gasteiger partial charge on any atom is 0.264 e. The second-order valence-corrected chi connectivity index (χ2v) is 7.46. The van der Waals surface area contributed by atoms with Gasteiger partial charge in [0.2, 0.25) is 5.91 Å². The molecule has 3 rings (SSSR count). The summed E-state index contributed by atoms with van der Waals surface area (Å²) in [5.41, 5.74) is 1.08. The lowest BCUT2D eigenvalue weighted by atomic mass is 9.92. The zero-order valence-electron chi connectivity index (χ0n) is 13.1. The van der Waals surface area contributed by atoms with Crippen molar-refractivity contribution >= 4 is 23.2 Å². The largest absolute Gasteiger partial charge is 0.353 e. The molecule has 120 valence electrons. The average molecular weight is 320 g/mol. The third kappa shape index (κ3) is 3.88. The highest BCUT2D eigenvalue weighted by atomic mass is 32.1. The van der Waals surface area contributed by atoms with E-state index in [9.17, 15) is 9.59 Å². The van der Waals surface area contributed by atoms with Crippen molar-refractivity contribution in [1.29, 1.82) is 0 Å². The van der Waals surface area contributed by atoms with Crippen LogP contribution in [0.1, 0.15) is 53.8 Å². The first kappa shape index (κ1) is 15.5. The van der Waals surface area contributed by atoms with Gasteiger partial charge in [0.25, 0.3) is 5.91 Å². The number of likely N-dealkylation sites (tertiary alicyclic amines) is 1. The number of rotatable bonds is 5. The Morgan fingerprint density at radius 2 is 2.00 bits per heavy atom. The van der Waals surface area contributed by atoms with E-state index < -0.39 is 0 Å². The third-order valence-corrected chi connectivity index (χ3v) is 5.68. The number of carbonyl (C=O) groups is 2. The molecular formula is C17H24N2O2S. The van der Waals surface area contributed by atoms with Crippen molar-refractivity contribution in [1.82, 2.24) is 10.2 Å². The van der Waals surface area contributed by atoms with Gasteiger partial charge in [0.15, 0.2) is 0 Å². The van der Waals surface area contributed by atoms with E-state index in [0.29, 0.717) is 18.4 Å². The number of piperidine rings is 1. The minimum Gasteiger partial charge on any atom is -0.353 e. The molecular weight excluding hydrogens is 296 g/mol. The topological polar surface area (TPSA) is 49.4 Å². The Balaban J connectivity index is 1.41. The molecule has 2 fully saturated rings. The van der Waals surface area contributed by atoms with Gasteiger partial charge in [-0.15, -0.1) is 11.3 Å². The van der Waals surface area contributed by atoms with Crippen LogP contribution in [0.15, 0.2) is 11.4 Å². The first-order valence-electron chi connectivity index (χ1n) is 8.26. The summed E-state index contributed by atoms with van der Waals surface area (Å²) in [6.07, 6.45) is 5.93. The van der Waals surface area contributed by atoms with Crippen molar-refractivity contribution in [2.45, 2.75) is 51.5 Å². The van der Waals surface area contributed by atoms with Crippen LogP contribution in [0.5, 0.6) is 0 Å². The lowest BCUT2D eigenvalue weighted by Crippen LogP contribution is -2.38. The van der Waals surface area contributed by atoms with Crippen molar-refractivity contribution in [3.05, 3.63) is 21.9 Å². The number of thiophene rings is 1. The van der Waals surface area contributed by atoms with Crippen molar-refractivity contribution < 1.29 is 9.59 Å². The molecule has 0 radical (unpaired) electrons. The molecule has 0 atom stereocenters. The first-order chi connectivity index (χ1) is 10.6. The molecule has 4 nitrogen and oxygen atoms in total. The molecule has 1 saturated heterocycles. The van der Waals surface area contributed by atoms with Crippen LogP contribution in [-0.4, -0.2) is 35.8 Å².